The molecule has 3 rings (SSSR count). The minimum Gasteiger partial charge on any atom is -0.494 e. The second-order valence-corrected chi connectivity index (χ2v) is 8.96. The molecule has 0 saturated carbocycles. The van der Waals surface area contributed by atoms with E-state index in [1.165, 1.54) is 6.07 Å². The smallest absolute Gasteiger partial charge is 0.251 e. The van der Waals surface area contributed by atoms with Crippen molar-refractivity contribution in [3.8, 4) is 5.75 Å². The van der Waals surface area contributed by atoms with Crippen LogP contribution in [0.25, 0.3) is 0 Å². The van der Waals surface area contributed by atoms with Crippen molar-refractivity contribution >= 4 is 11.8 Å². The summed E-state index contributed by atoms with van der Waals surface area (Å²) in [7, 11) is 0. The predicted molar refractivity (Wildman–Crippen MR) is 127 cm³/mol. The van der Waals surface area contributed by atoms with Gasteiger partial charge < -0.3 is 15.4 Å². The molecule has 6 nitrogen and oxygen atoms in total. The van der Waals surface area contributed by atoms with Gasteiger partial charge in [0.2, 0.25) is 5.91 Å². The van der Waals surface area contributed by atoms with Gasteiger partial charge in [0.15, 0.2) is 11.6 Å². The molecular weight excluding hydrogens is 440 g/mol. The average molecular weight is 474 g/mol. The summed E-state index contributed by atoms with van der Waals surface area (Å²) < 4.78 is 32.0. The van der Waals surface area contributed by atoms with Crippen LogP contribution in [0.2, 0.25) is 0 Å². The van der Waals surface area contributed by atoms with Crippen LogP contribution >= 0.6 is 0 Å². The molecule has 8 heteroatoms. The summed E-state index contributed by atoms with van der Waals surface area (Å²) in [4.78, 5) is 27.8. The molecular formula is C26H33F2N3O3. The fourth-order valence-corrected chi connectivity index (χ4v) is 4.05. The molecule has 0 radical (unpaired) electrons. The number of amides is 2. The highest BCUT2D eigenvalue weighted by atomic mass is 19.2. The third-order valence-electron chi connectivity index (χ3n) is 5.99. The van der Waals surface area contributed by atoms with E-state index in [-0.39, 0.29) is 23.8 Å². The number of ether oxygens (including phenoxy) is 1. The van der Waals surface area contributed by atoms with Gasteiger partial charge in [-0.1, -0.05) is 19.9 Å². The molecule has 184 valence electrons. The molecule has 2 aromatic rings. The lowest BCUT2D eigenvalue weighted by Gasteiger charge is -2.33. The predicted octanol–water partition coefficient (Wildman–Crippen LogP) is 3.90. The molecule has 1 heterocycles. The first kappa shape index (κ1) is 25.6. The van der Waals surface area contributed by atoms with E-state index in [0.717, 1.165) is 37.6 Å². The van der Waals surface area contributed by atoms with Gasteiger partial charge in [0.1, 0.15) is 11.8 Å². The monoisotopic (exact) mass is 473 g/mol. The number of likely N-dealkylation sites (tertiary alicyclic amines) is 1. The van der Waals surface area contributed by atoms with Crippen LogP contribution < -0.4 is 15.4 Å². The summed E-state index contributed by atoms with van der Waals surface area (Å²) in [6, 6.07) is 10.1. The first-order valence-corrected chi connectivity index (χ1v) is 11.8. The van der Waals surface area contributed by atoms with E-state index in [1.54, 1.807) is 30.3 Å². The molecule has 1 fully saturated rings. The highest BCUT2D eigenvalue weighted by Gasteiger charge is 2.28. The SMILES string of the molecule is CCOc1ccc(C(=O)NC(C(=O)NC2CCN(Cc3ccc(F)c(F)c3)CC2)C(C)C)cc1. The zero-order valence-corrected chi connectivity index (χ0v) is 19.9. The molecule has 1 aliphatic heterocycles. The maximum Gasteiger partial charge on any atom is 0.251 e. The number of rotatable bonds is 9. The van der Waals surface area contributed by atoms with E-state index in [0.29, 0.717) is 24.5 Å². The minimum atomic E-state index is -0.848. The molecule has 2 aromatic carbocycles. The lowest BCUT2D eigenvalue weighted by molar-refractivity contribution is -0.125. The van der Waals surface area contributed by atoms with Crippen molar-refractivity contribution in [3.63, 3.8) is 0 Å². The van der Waals surface area contributed by atoms with Crippen LogP contribution in [0.1, 0.15) is 49.5 Å². The number of nitrogens with one attached hydrogen (secondary N) is 2. The molecule has 0 aliphatic carbocycles. The van der Waals surface area contributed by atoms with Gasteiger partial charge in [0.05, 0.1) is 6.61 Å². The summed E-state index contributed by atoms with van der Waals surface area (Å²) in [5.74, 6) is -1.59. The van der Waals surface area contributed by atoms with Crippen LogP contribution in [-0.2, 0) is 11.3 Å². The van der Waals surface area contributed by atoms with E-state index >= 15 is 0 Å². The summed E-state index contributed by atoms with van der Waals surface area (Å²) >= 11 is 0. The molecule has 1 unspecified atom stereocenters. The second-order valence-electron chi connectivity index (χ2n) is 8.96. The van der Waals surface area contributed by atoms with Crippen LogP contribution in [0.4, 0.5) is 8.78 Å². The highest BCUT2D eigenvalue weighted by Crippen LogP contribution is 2.17. The van der Waals surface area contributed by atoms with Gasteiger partial charge in [-0.15, -0.1) is 0 Å². The van der Waals surface area contributed by atoms with Crippen molar-refractivity contribution in [3.05, 3.63) is 65.2 Å². The fourth-order valence-electron chi connectivity index (χ4n) is 4.05. The lowest BCUT2D eigenvalue weighted by Crippen LogP contribution is -2.53. The van der Waals surface area contributed by atoms with Crippen LogP contribution in [0.5, 0.6) is 5.75 Å². The number of benzene rings is 2. The molecule has 1 saturated heterocycles. The van der Waals surface area contributed by atoms with Crippen molar-refractivity contribution in [1.82, 2.24) is 15.5 Å². The normalized spacial score (nSPS) is 15.7. The Kier molecular flexibility index (Phi) is 8.98. The Morgan fingerprint density at radius 2 is 1.74 bits per heavy atom. The molecule has 0 spiro atoms. The van der Waals surface area contributed by atoms with Crippen LogP contribution in [0, 0.1) is 17.6 Å². The number of carbonyl (C=O) groups is 2. The Hall–Kier alpha value is -3.00. The Balaban J connectivity index is 1.50. The number of halogens is 2. The number of nitrogens with zero attached hydrogens (tertiary/aromatic N) is 1. The van der Waals surface area contributed by atoms with Crippen molar-refractivity contribution in [2.24, 2.45) is 5.92 Å². The molecule has 2 N–H and O–H groups in total. The van der Waals surface area contributed by atoms with Gasteiger partial charge in [0.25, 0.3) is 5.91 Å². The van der Waals surface area contributed by atoms with E-state index in [4.69, 9.17) is 4.74 Å². The van der Waals surface area contributed by atoms with Crippen molar-refractivity contribution in [2.45, 2.75) is 52.2 Å². The van der Waals surface area contributed by atoms with Crippen molar-refractivity contribution in [2.75, 3.05) is 19.7 Å². The van der Waals surface area contributed by atoms with Gasteiger partial charge in [0, 0.05) is 31.2 Å². The lowest BCUT2D eigenvalue weighted by atomic mass is 10.00. The summed E-state index contributed by atoms with van der Waals surface area (Å²) in [6.07, 6.45) is 1.49. The summed E-state index contributed by atoms with van der Waals surface area (Å²) in [5, 5.41) is 5.93. The maximum atomic E-state index is 13.5. The van der Waals surface area contributed by atoms with E-state index in [9.17, 15) is 18.4 Å². The van der Waals surface area contributed by atoms with Crippen molar-refractivity contribution in [1.29, 1.82) is 0 Å². The van der Waals surface area contributed by atoms with Crippen LogP contribution in [0.3, 0.4) is 0 Å². The Morgan fingerprint density at radius 3 is 2.32 bits per heavy atom. The average Bonchev–Trinajstić information content (AvgIpc) is 2.81. The number of hydrogen-bond donors (Lipinski definition) is 2. The first-order chi connectivity index (χ1) is 16.3. The number of piperidine rings is 1. The quantitative estimate of drug-likeness (QED) is 0.580. The van der Waals surface area contributed by atoms with Gasteiger partial charge in [-0.05, 0) is 67.6 Å². The highest BCUT2D eigenvalue weighted by molar-refractivity contribution is 5.97. The molecule has 0 bridgehead atoms. The molecule has 0 aromatic heterocycles. The number of hydrogen-bond acceptors (Lipinski definition) is 4. The first-order valence-electron chi connectivity index (χ1n) is 11.8. The molecule has 2 amide bonds. The Bertz CT molecular complexity index is 974. The Labute approximate surface area is 199 Å². The van der Waals surface area contributed by atoms with E-state index in [2.05, 4.69) is 15.5 Å². The van der Waals surface area contributed by atoms with Gasteiger partial charge in [-0.3, -0.25) is 14.5 Å². The zero-order valence-electron chi connectivity index (χ0n) is 19.9. The fraction of sp³-hybridized carbons (Fsp3) is 0.462. The third-order valence-corrected chi connectivity index (χ3v) is 5.99. The van der Waals surface area contributed by atoms with E-state index in [1.807, 2.05) is 20.8 Å². The van der Waals surface area contributed by atoms with E-state index < -0.39 is 17.7 Å². The zero-order chi connectivity index (χ0) is 24.7. The van der Waals surface area contributed by atoms with Crippen molar-refractivity contribution < 1.29 is 23.1 Å². The van der Waals surface area contributed by atoms with Crippen LogP contribution in [0.15, 0.2) is 42.5 Å². The number of carbonyl (C=O) groups excluding carboxylic acids is 2. The topological polar surface area (TPSA) is 70.7 Å². The van der Waals surface area contributed by atoms with Crippen LogP contribution in [-0.4, -0.2) is 48.5 Å². The standard InChI is InChI=1S/C26H33F2N3O3/c1-4-34-21-8-6-19(7-9-21)25(32)30-24(17(2)3)26(33)29-20-11-13-31(14-12-20)16-18-5-10-22(27)23(28)15-18/h5-10,15,17,20,24H,4,11-14,16H2,1-3H3,(H,29,33)(H,30,32). The Morgan fingerprint density at radius 1 is 1.06 bits per heavy atom. The largest absolute Gasteiger partial charge is 0.494 e. The second kappa shape index (κ2) is 11.9. The summed E-state index contributed by atoms with van der Waals surface area (Å²) in [6.45, 7) is 8.22. The van der Waals surface area contributed by atoms with Gasteiger partial charge >= 0.3 is 0 Å². The summed E-state index contributed by atoms with van der Waals surface area (Å²) in [5.41, 5.74) is 1.19. The third kappa shape index (κ3) is 7.00. The molecule has 1 aliphatic rings. The van der Waals surface area contributed by atoms with Gasteiger partial charge in [-0.25, -0.2) is 8.78 Å². The molecule has 34 heavy (non-hydrogen) atoms. The molecule has 1 atom stereocenters. The minimum absolute atomic E-state index is 0.00247. The maximum absolute atomic E-state index is 13.5. The van der Waals surface area contributed by atoms with Gasteiger partial charge in [-0.2, -0.15) is 0 Å².